The van der Waals surface area contributed by atoms with E-state index in [1.165, 1.54) is 31.4 Å². The lowest BCUT2D eigenvalue weighted by Crippen LogP contribution is -2.12. The second-order valence-electron chi connectivity index (χ2n) is 5.40. The lowest BCUT2D eigenvalue weighted by Gasteiger charge is -2.07. The van der Waals surface area contributed by atoms with Crippen molar-refractivity contribution in [3.8, 4) is 0 Å². The first-order valence-corrected chi connectivity index (χ1v) is 8.61. The van der Waals surface area contributed by atoms with E-state index in [4.69, 9.17) is 0 Å². The Morgan fingerprint density at radius 2 is 1.95 bits per heavy atom. The Kier molecular flexibility index (Phi) is 5.93. The predicted octanol–water partition coefficient (Wildman–Crippen LogP) is 4.55. The Labute approximate surface area is 142 Å². The summed E-state index contributed by atoms with van der Waals surface area (Å²) in [5.41, 5.74) is 1.42. The summed E-state index contributed by atoms with van der Waals surface area (Å²) in [5.74, 6) is 0. The van der Waals surface area contributed by atoms with Crippen LogP contribution in [0.25, 0.3) is 10.9 Å². The zero-order valence-electron chi connectivity index (χ0n) is 12.5. The molecule has 0 aliphatic heterocycles. The number of aryl methyl sites for hydroxylation is 1. The zero-order valence-corrected chi connectivity index (χ0v) is 14.7. The minimum atomic E-state index is -0.479. The average molecular weight is 414 g/mol. The molecule has 0 atom stereocenters. The van der Waals surface area contributed by atoms with E-state index >= 15 is 0 Å². The number of hydrogen-bond donors (Lipinski definition) is 1. The first kappa shape index (κ1) is 16.9. The standard InChI is InChI=1S/C16H19IN2O3/c1-2-3-4-5-6-7-14-15(17)16(20)12-10-11(19(21)22)8-9-13(12)18-14/h8-10H,2-7H2,1H3,(H,18,20). The van der Waals surface area contributed by atoms with E-state index < -0.39 is 4.92 Å². The highest BCUT2D eigenvalue weighted by Crippen LogP contribution is 2.20. The molecule has 22 heavy (non-hydrogen) atoms. The summed E-state index contributed by atoms with van der Waals surface area (Å²) >= 11 is 2.04. The second kappa shape index (κ2) is 7.71. The lowest BCUT2D eigenvalue weighted by atomic mass is 10.1. The third-order valence-corrected chi connectivity index (χ3v) is 4.88. The van der Waals surface area contributed by atoms with E-state index in [2.05, 4.69) is 11.9 Å². The van der Waals surface area contributed by atoms with Gasteiger partial charge in [0.15, 0.2) is 0 Å². The molecule has 1 N–H and O–H groups in total. The number of halogens is 1. The normalized spacial score (nSPS) is 11.0. The van der Waals surface area contributed by atoms with Crippen molar-refractivity contribution in [2.24, 2.45) is 0 Å². The Morgan fingerprint density at radius 3 is 2.64 bits per heavy atom. The van der Waals surface area contributed by atoms with Crippen LogP contribution in [-0.4, -0.2) is 9.91 Å². The molecular formula is C16H19IN2O3. The number of fused-ring (bicyclic) bond motifs is 1. The van der Waals surface area contributed by atoms with E-state index in [9.17, 15) is 14.9 Å². The molecule has 0 saturated heterocycles. The van der Waals surface area contributed by atoms with Crippen LogP contribution >= 0.6 is 22.6 Å². The minimum absolute atomic E-state index is 0.0545. The van der Waals surface area contributed by atoms with Gasteiger partial charge in [-0.1, -0.05) is 32.6 Å². The monoisotopic (exact) mass is 414 g/mol. The van der Waals surface area contributed by atoms with E-state index in [1.54, 1.807) is 6.07 Å². The molecule has 0 aliphatic rings. The molecule has 0 unspecified atom stereocenters. The number of aromatic amines is 1. The van der Waals surface area contributed by atoms with Crippen molar-refractivity contribution >= 4 is 39.2 Å². The van der Waals surface area contributed by atoms with Crippen molar-refractivity contribution < 1.29 is 4.92 Å². The summed E-state index contributed by atoms with van der Waals surface area (Å²) < 4.78 is 0.640. The molecule has 6 heteroatoms. The summed E-state index contributed by atoms with van der Waals surface area (Å²) in [4.78, 5) is 26.0. The number of benzene rings is 1. The van der Waals surface area contributed by atoms with E-state index in [0.717, 1.165) is 25.0 Å². The maximum Gasteiger partial charge on any atom is 0.270 e. The van der Waals surface area contributed by atoms with Gasteiger partial charge in [-0.15, -0.1) is 0 Å². The Bertz CT molecular complexity index is 740. The van der Waals surface area contributed by atoms with Gasteiger partial charge in [0.25, 0.3) is 5.69 Å². The van der Waals surface area contributed by atoms with Gasteiger partial charge in [-0.3, -0.25) is 14.9 Å². The Morgan fingerprint density at radius 1 is 1.23 bits per heavy atom. The number of hydrogen-bond acceptors (Lipinski definition) is 3. The fraction of sp³-hybridized carbons (Fsp3) is 0.438. The van der Waals surface area contributed by atoms with Crippen LogP contribution in [0, 0.1) is 13.7 Å². The molecule has 0 radical (unpaired) electrons. The van der Waals surface area contributed by atoms with Crippen molar-refractivity contribution in [3.05, 3.63) is 47.8 Å². The number of unbranched alkanes of at least 4 members (excludes halogenated alkanes) is 4. The molecule has 118 valence electrons. The van der Waals surface area contributed by atoms with Crippen LogP contribution in [0.3, 0.4) is 0 Å². The molecule has 2 aromatic rings. The van der Waals surface area contributed by atoms with E-state index in [1.807, 2.05) is 22.6 Å². The largest absolute Gasteiger partial charge is 0.357 e. The molecule has 2 rings (SSSR count). The number of nitro groups is 1. The highest BCUT2D eigenvalue weighted by Gasteiger charge is 2.13. The molecule has 5 nitrogen and oxygen atoms in total. The smallest absolute Gasteiger partial charge is 0.270 e. The number of rotatable bonds is 7. The van der Waals surface area contributed by atoms with Gasteiger partial charge in [-0.25, -0.2) is 0 Å². The average Bonchev–Trinajstić information content (AvgIpc) is 2.51. The number of pyridine rings is 1. The highest BCUT2D eigenvalue weighted by atomic mass is 127. The van der Waals surface area contributed by atoms with Crippen molar-refractivity contribution in [2.45, 2.75) is 45.4 Å². The zero-order chi connectivity index (χ0) is 16.1. The topological polar surface area (TPSA) is 76.0 Å². The predicted molar refractivity (Wildman–Crippen MR) is 96.4 cm³/mol. The number of non-ortho nitro benzene ring substituents is 1. The SMILES string of the molecule is CCCCCCCc1[nH]c2ccc([N+](=O)[O-])cc2c(=O)c1I. The molecule has 0 saturated carbocycles. The molecule has 0 fully saturated rings. The highest BCUT2D eigenvalue weighted by molar-refractivity contribution is 14.1. The van der Waals surface area contributed by atoms with Crippen LogP contribution in [0.1, 0.15) is 44.7 Å². The first-order chi connectivity index (χ1) is 10.5. The minimum Gasteiger partial charge on any atom is -0.357 e. The number of nitrogens with zero attached hydrogens (tertiary/aromatic N) is 1. The molecule has 0 aliphatic carbocycles. The Hall–Kier alpha value is -1.44. The van der Waals surface area contributed by atoms with Crippen LogP contribution < -0.4 is 5.43 Å². The Balaban J connectivity index is 2.26. The van der Waals surface area contributed by atoms with Gasteiger partial charge in [-0.2, -0.15) is 0 Å². The number of nitrogens with one attached hydrogen (secondary N) is 1. The third kappa shape index (κ3) is 3.85. The van der Waals surface area contributed by atoms with Crippen molar-refractivity contribution in [1.29, 1.82) is 0 Å². The summed E-state index contributed by atoms with van der Waals surface area (Å²) in [6.07, 6.45) is 6.72. The molecular weight excluding hydrogens is 395 g/mol. The second-order valence-corrected chi connectivity index (χ2v) is 6.48. The molecule has 1 heterocycles. The third-order valence-electron chi connectivity index (χ3n) is 3.74. The maximum atomic E-state index is 12.4. The van der Waals surface area contributed by atoms with Gasteiger partial charge >= 0.3 is 0 Å². The van der Waals surface area contributed by atoms with Gasteiger partial charge in [0.2, 0.25) is 5.43 Å². The van der Waals surface area contributed by atoms with Crippen molar-refractivity contribution in [2.75, 3.05) is 0 Å². The van der Waals surface area contributed by atoms with Crippen LogP contribution in [0.15, 0.2) is 23.0 Å². The summed E-state index contributed by atoms with van der Waals surface area (Å²) in [5, 5.41) is 11.2. The molecule has 0 spiro atoms. The molecule has 1 aromatic carbocycles. The fourth-order valence-electron chi connectivity index (χ4n) is 2.49. The van der Waals surface area contributed by atoms with Crippen LogP contribution in [0.5, 0.6) is 0 Å². The van der Waals surface area contributed by atoms with Gasteiger partial charge < -0.3 is 4.98 Å². The number of nitro benzene ring substituents is 1. The quantitative estimate of drug-likeness (QED) is 0.313. The fourth-order valence-corrected chi connectivity index (χ4v) is 3.19. The van der Waals surface area contributed by atoms with E-state index in [0.29, 0.717) is 14.5 Å². The van der Waals surface area contributed by atoms with E-state index in [-0.39, 0.29) is 11.1 Å². The van der Waals surface area contributed by atoms with Gasteiger partial charge in [0.05, 0.1) is 19.4 Å². The first-order valence-electron chi connectivity index (χ1n) is 7.53. The number of aromatic nitrogens is 1. The molecule has 0 bridgehead atoms. The summed E-state index contributed by atoms with van der Waals surface area (Å²) in [6.45, 7) is 2.18. The van der Waals surface area contributed by atoms with Crippen LogP contribution in [-0.2, 0) is 6.42 Å². The van der Waals surface area contributed by atoms with Gasteiger partial charge in [-0.05, 0) is 41.5 Å². The maximum absolute atomic E-state index is 12.4. The molecule has 0 amide bonds. The van der Waals surface area contributed by atoms with Crippen LogP contribution in [0.4, 0.5) is 5.69 Å². The lowest BCUT2D eigenvalue weighted by molar-refractivity contribution is -0.384. The molecule has 1 aromatic heterocycles. The van der Waals surface area contributed by atoms with Crippen LogP contribution in [0.2, 0.25) is 0 Å². The summed E-state index contributed by atoms with van der Waals surface area (Å²) in [7, 11) is 0. The number of H-pyrrole nitrogens is 1. The van der Waals surface area contributed by atoms with Crippen molar-refractivity contribution in [3.63, 3.8) is 0 Å². The van der Waals surface area contributed by atoms with Gasteiger partial charge in [0.1, 0.15) is 0 Å². The van der Waals surface area contributed by atoms with Crippen molar-refractivity contribution in [1.82, 2.24) is 4.98 Å². The summed E-state index contributed by atoms with van der Waals surface area (Å²) in [6, 6.07) is 4.39. The van der Waals surface area contributed by atoms with Gasteiger partial charge in [0, 0.05) is 17.8 Å².